The normalized spacial score (nSPS) is 19.5. The van der Waals surface area contributed by atoms with E-state index in [1.807, 2.05) is 4.90 Å². The maximum absolute atomic E-state index is 12.0. The molecule has 5 heteroatoms. The van der Waals surface area contributed by atoms with Gasteiger partial charge >= 0.3 is 6.01 Å². The number of rotatable bonds is 4. The van der Waals surface area contributed by atoms with Crippen LogP contribution >= 0.6 is 0 Å². The van der Waals surface area contributed by atoms with E-state index >= 15 is 0 Å². The van der Waals surface area contributed by atoms with Gasteiger partial charge in [0.05, 0.1) is 6.54 Å². The lowest BCUT2D eigenvalue weighted by atomic mass is 10.1. The zero-order chi connectivity index (χ0) is 13.7. The molecule has 2 heterocycles. The second-order valence-corrected chi connectivity index (χ2v) is 5.35. The zero-order valence-electron chi connectivity index (χ0n) is 11.6. The second kappa shape index (κ2) is 6.50. The van der Waals surface area contributed by atoms with E-state index in [0.29, 0.717) is 24.9 Å². The molecule has 1 aliphatic rings. The number of aromatic nitrogens is 2. The number of likely N-dealkylation sites (tertiary alicyclic amines) is 1. The van der Waals surface area contributed by atoms with Gasteiger partial charge in [-0.2, -0.15) is 0 Å². The molecule has 1 saturated heterocycles. The van der Waals surface area contributed by atoms with Crippen LogP contribution in [0.15, 0.2) is 18.5 Å². The second-order valence-electron chi connectivity index (χ2n) is 5.35. The van der Waals surface area contributed by atoms with E-state index in [0.717, 1.165) is 19.4 Å². The van der Waals surface area contributed by atoms with Gasteiger partial charge in [-0.3, -0.25) is 4.79 Å². The Bertz CT molecular complexity index is 408. The number of hydrogen-bond donors (Lipinski definition) is 0. The van der Waals surface area contributed by atoms with E-state index in [1.54, 1.807) is 18.5 Å². The first kappa shape index (κ1) is 13.8. The van der Waals surface area contributed by atoms with E-state index in [-0.39, 0.29) is 12.0 Å². The third-order valence-corrected chi connectivity index (χ3v) is 3.13. The van der Waals surface area contributed by atoms with Crippen molar-refractivity contribution in [1.82, 2.24) is 14.9 Å². The molecule has 1 unspecified atom stereocenters. The molecular formula is C14H21N3O2. The highest BCUT2D eigenvalue weighted by Crippen LogP contribution is 2.16. The van der Waals surface area contributed by atoms with Gasteiger partial charge in [-0.05, 0) is 24.8 Å². The van der Waals surface area contributed by atoms with Crippen molar-refractivity contribution in [1.29, 1.82) is 0 Å². The summed E-state index contributed by atoms with van der Waals surface area (Å²) in [5, 5.41) is 0. The number of carbonyl (C=O) groups excluding carboxylic acids is 1. The van der Waals surface area contributed by atoms with Crippen molar-refractivity contribution in [3.8, 4) is 6.01 Å². The summed E-state index contributed by atoms with van der Waals surface area (Å²) < 4.78 is 5.72. The monoisotopic (exact) mass is 263 g/mol. The molecule has 2 rings (SSSR count). The molecule has 1 amide bonds. The number of hydrogen-bond acceptors (Lipinski definition) is 4. The van der Waals surface area contributed by atoms with E-state index in [4.69, 9.17) is 4.74 Å². The van der Waals surface area contributed by atoms with E-state index in [9.17, 15) is 4.79 Å². The Balaban J connectivity index is 1.88. The van der Waals surface area contributed by atoms with Crippen LogP contribution in [0.4, 0.5) is 0 Å². The third-order valence-electron chi connectivity index (χ3n) is 3.13. The maximum atomic E-state index is 12.0. The van der Waals surface area contributed by atoms with E-state index in [2.05, 4.69) is 23.8 Å². The molecule has 0 aromatic carbocycles. The highest BCUT2D eigenvalue weighted by atomic mass is 16.5. The van der Waals surface area contributed by atoms with E-state index < -0.39 is 0 Å². The fraction of sp³-hybridized carbons (Fsp3) is 0.643. The fourth-order valence-corrected chi connectivity index (χ4v) is 2.23. The van der Waals surface area contributed by atoms with Crippen molar-refractivity contribution in [2.24, 2.45) is 5.92 Å². The molecule has 104 valence electrons. The SMILES string of the molecule is CC(C)CC(=O)N1CCCC(Oc2ncccn2)C1. The Labute approximate surface area is 114 Å². The van der Waals surface area contributed by atoms with Gasteiger partial charge in [0.1, 0.15) is 6.10 Å². The topological polar surface area (TPSA) is 55.3 Å². The average molecular weight is 263 g/mol. The van der Waals surface area contributed by atoms with Crippen LogP contribution in [0, 0.1) is 5.92 Å². The lowest BCUT2D eigenvalue weighted by molar-refractivity contribution is -0.134. The molecule has 0 radical (unpaired) electrons. The standard InChI is InChI=1S/C14H21N3O2/c1-11(2)9-13(18)17-8-3-5-12(10-17)19-14-15-6-4-7-16-14/h4,6-7,11-12H,3,5,8-10H2,1-2H3. The minimum absolute atomic E-state index is 0.00672. The van der Waals surface area contributed by atoms with E-state index in [1.165, 1.54) is 0 Å². The minimum Gasteiger partial charge on any atom is -0.458 e. The predicted octanol–water partition coefficient (Wildman–Crippen LogP) is 1.89. The summed E-state index contributed by atoms with van der Waals surface area (Å²) in [4.78, 5) is 22.1. The molecule has 0 saturated carbocycles. The van der Waals surface area contributed by atoms with Gasteiger partial charge in [0.2, 0.25) is 5.91 Å². The third kappa shape index (κ3) is 4.19. The number of piperidine rings is 1. The smallest absolute Gasteiger partial charge is 0.316 e. The average Bonchev–Trinajstić information content (AvgIpc) is 2.39. The molecule has 1 aromatic rings. The summed E-state index contributed by atoms with van der Waals surface area (Å²) in [6, 6.07) is 2.15. The van der Waals surface area contributed by atoms with Gasteiger partial charge in [0.15, 0.2) is 0 Å². The molecule has 1 fully saturated rings. The maximum Gasteiger partial charge on any atom is 0.316 e. The van der Waals surface area contributed by atoms with Crippen LogP contribution in [0.2, 0.25) is 0 Å². The molecular weight excluding hydrogens is 242 g/mol. The van der Waals surface area contributed by atoms with Crippen LogP contribution in [-0.2, 0) is 4.79 Å². The van der Waals surface area contributed by atoms with Gasteiger partial charge < -0.3 is 9.64 Å². The number of nitrogens with zero attached hydrogens (tertiary/aromatic N) is 3. The van der Waals surface area contributed by atoms with Gasteiger partial charge in [0, 0.05) is 25.4 Å². The summed E-state index contributed by atoms with van der Waals surface area (Å²) in [5.41, 5.74) is 0. The van der Waals surface area contributed by atoms with Gasteiger partial charge in [-0.15, -0.1) is 0 Å². The quantitative estimate of drug-likeness (QED) is 0.832. The van der Waals surface area contributed by atoms with Crippen molar-refractivity contribution in [2.45, 2.75) is 39.2 Å². The first-order valence-electron chi connectivity index (χ1n) is 6.86. The van der Waals surface area contributed by atoms with Crippen LogP contribution in [0.25, 0.3) is 0 Å². The largest absolute Gasteiger partial charge is 0.458 e. The first-order chi connectivity index (χ1) is 9.15. The Kier molecular flexibility index (Phi) is 4.71. The van der Waals surface area contributed by atoms with Crippen LogP contribution in [0.3, 0.4) is 0 Å². The Morgan fingerprint density at radius 3 is 2.89 bits per heavy atom. The van der Waals surface area contributed by atoms with Crippen molar-refractivity contribution in [3.63, 3.8) is 0 Å². The Morgan fingerprint density at radius 1 is 1.47 bits per heavy atom. The molecule has 1 aromatic heterocycles. The predicted molar refractivity (Wildman–Crippen MR) is 71.7 cm³/mol. The molecule has 0 spiro atoms. The number of amides is 1. The number of carbonyl (C=O) groups is 1. The van der Waals surface area contributed by atoms with Crippen LogP contribution in [-0.4, -0.2) is 40.0 Å². The summed E-state index contributed by atoms with van der Waals surface area (Å²) in [6.07, 6.45) is 5.85. The highest BCUT2D eigenvalue weighted by Gasteiger charge is 2.25. The summed E-state index contributed by atoms with van der Waals surface area (Å²) in [7, 11) is 0. The molecule has 1 aliphatic heterocycles. The summed E-state index contributed by atoms with van der Waals surface area (Å²) in [6.45, 7) is 5.60. The molecule has 5 nitrogen and oxygen atoms in total. The fourth-order valence-electron chi connectivity index (χ4n) is 2.23. The zero-order valence-corrected chi connectivity index (χ0v) is 11.6. The summed E-state index contributed by atoms with van der Waals surface area (Å²) in [5.74, 6) is 0.614. The van der Waals surface area contributed by atoms with Crippen molar-refractivity contribution in [3.05, 3.63) is 18.5 Å². The van der Waals surface area contributed by atoms with Crippen LogP contribution in [0.1, 0.15) is 33.1 Å². The molecule has 1 atom stereocenters. The van der Waals surface area contributed by atoms with Gasteiger partial charge in [-0.1, -0.05) is 13.8 Å². The minimum atomic E-state index is 0.00672. The Morgan fingerprint density at radius 2 is 2.21 bits per heavy atom. The Hall–Kier alpha value is -1.65. The summed E-state index contributed by atoms with van der Waals surface area (Å²) >= 11 is 0. The molecule has 0 N–H and O–H groups in total. The van der Waals surface area contributed by atoms with Crippen molar-refractivity contribution in [2.75, 3.05) is 13.1 Å². The highest BCUT2D eigenvalue weighted by molar-refractivity contribution is 5.76. The number of ether oxygens (including phenoxy) is 1. The lowest BCUT2D eigenvalue weighted by Gasteiger charge is -2.32. The first-order valence-corrected chi connectivity index (χ1v) is 6.86. The molecule has 0 aliphatic carbocycles. The van der Waals surface area contributed by atoms with Gasteiger partial charge in [-0.25, -0.2) is 9.97 Å². The van der Waals surface area contributed by atoms with Gasteiger partial charge in [0.25, 0.3) is 0 Å². The van der Waals surface area contributed by atoms with Crippen molar-refractivity contribution >= 4 is 5.91 Å². The molecule has 19 heavy (non-hydrogen) atoms. The van der Waals surface area contributed by atoms with Crippen LogP contribution in [0.5, 0.6) is 6.01 Å². The van der Waals surface area contributed by atoms with Crippen LogP contribution < -0.4 is 4.74 Å². The lowest BCUT2D eigenvalue weighted by Crippen LogP contribution is -2.44. The molecule has 0 bridgehead atoms. The van der Waals surface area contributed by atoms with Crippen molar-refractivity contribution < 1.29 is 9.53 Å².